The monoisotopic (exact) mass is 450 g/mol. The van der Waals surface area contributed by atoms with Crippen LogP contribution in [0, 0.1) is 11.7 Å². The van der Waals surface area contributed by atoms with Gasteiger partial charge in [0.2, 0.25) is 5.91 Å². The van der Waals surface area contributed by atoms with Crippen molar-refractivity contribution in [3.63, 3.8) is 0 Å². The van der Waals surface area contributed by atoms with Crippen molar-refractivity contribution in [3.8, 4) is 22.9 Å². The molecule has 7 nitrogen and oxygen atoms in total. The second kappa shape index (κ2) is 10.3. The molecular formula is C25H27FN4O3. The first-order valence-corrected chi connectivity index (χ1v) is 10.9. The van der Waals surface area contributed by atoms with Gasteiger partial charge in [0.1, 0.15) is 23.1 Å². The number of piperidine rings is 1. The van der Waals surface area contributed by atoms with Gasteiger partial charge in [-0.2, -0.15) is 0 Å². The van der Waals surface area contributed by atoms with Crippen molar-refractivity contribution >= 4 is 11.7 Å². The lowest BCUT2D eigenvalue weighted by Gasteiger charge is -2.33. The number of ether oxygens (including phenoxy) is 2. The van der Waals surface area contributed by atoms with E-state index in [1.165, 1.54) is 12.1 Å². The molecule has 0 bridgehead atoms. The molecule has 0 aliphatic carbocycles. The van der Waals surface area contributed by atoms with E-state index in [0.717, 1.165) is 36.3 Å². The Morgan fingerprint density at radius 2 is 1.97 bits per heavy atom. The highest BCUT2D eigenvalue weighted by Crippen LogP contribution is 2.26. The van der Waals surface area contributed by atoms with Gasteiger partial charge in [0.15, 0.2) is 5.82 Å². The third-order valence-corrected chi connectivity index (χ3v) is 5.81. The third kappa shape index (κ3) is 5.39. The summed E-state index contributed by atoms with van der Waals surface area (Å²) < 4.78 is 23.9. The molecule has 0 unspecified atom stereocenters. The minimum atomic E-state index is -0.299. The van der Waals surface area contributed by atoms with Gasteiger partial charge < -0.3 is 19.7 Å². The Morgan fingerprint density at radius 3 is 2.73 bits per heavy atom. The van der Waals surface area contributed by atoms with Gasteiger partial charge in [-0.25, -0.2) is 14.4 Å². The van der Waals surface area contributed by atoms with E-state index in [-0.39, 0.29) is 17.6 Å². The number of methoxy groups -OCH3 is 2. The fraction of sp³-hybridized carbons (Fsp3) is 0.320. The zero-order valence-electron chi connectivity index (χ0n) is 18.8. The quantitative estimate of drug-likeness (QED) is 0.590. The lowest BCUT2D eigenvalue weighted by Crippen LogP contribution is -2.43. The molecule has 0 radical (unpaired) electrons. The normalized spacial score (nSPS) is 15.7. The highest BCUT2D eigenvalue weighted by molar-refractivity contribution is 5.79. The first kappa shape index (κ1) is 22.5. The number of aromatic nitrogens is 2. The van der Waals surface area contributed by atoms with Gasteiger partial charge in [0.25, 0.3) is 0 Å². The Kier molecular flexibility index (Phi) is 7.02. The van der Waals surface area contributed by atoms with Crippen LogP contribution in [0.25, 0.3) is 11.4 Å². The average molecular weight is 451 g/mol. The third-order valence-electron chi connectivity index (χ3n) is 5.81. The van der Waals surface area contributed by atoms with Gasteiger partial charge in [-0.1, -0.05) is 0 Å². The van der Waals surface area contributed by atoms with Gasteiger partial charge >= 0.3 is 0 Å². The minimum absolute atomic E-state index is 0.00499. The highest BCUT2D eigenvalue weighted by Gasteiger charge is 2.27. The predicted molar refractivity (Wildman–Crippen MR) is 124 cm³/mol. The molecule has 2 aromatic carbocycles. The number of carbonyl (C=O) groups is 1. The molecule has 3 aromatic rings. The van der Waals surface area contributed by atoms with Gasteiger partial charge in [0.05, 0.1) is 20.1 Å². The molecule has 1 saturated heterocycles. The Labute approximate surface area is 192 Å². The van der Waals surface area contributed by atoms with Crippen molar-refractivity contribution in [1.29, 1.82) is 0 Å². The summed E-state index contributed by atoms with van der Waals surface area (Å²) in [6.45, 7) is 1.77. The zero-order chi connectivity index (χ0) is 23.2. The fourth-order valence-corrected chi connectivity index (χ4v) is 3.99. The number of nitrogens with zero attached hydrogens (tertiary/aromatic N) is 3. The maximum atomic E-state index is 13.2. The summed E-state index contributed by atoms with van der Waals surface area (Å²) in [6.07, 6.45) is 3.40. The summed E-state index contributed by atoms with van der Waals surface area (Å²) in [5, 5.41) is 3.04. The molecule has 8 heteroatoms. The van der Waals surface area contributed by atoms with E-state index in [2.05, 4.69) is 20.2 Å². The van der Waals surface area contributed by atoms with Crippen LogP contribution in [0.3, 0.4) is 0 Å². The van der Waals surface area contributed by atoms with Crippen LogP contribution in [0.1, 0.15) is 18.4 Å². The molecular weight excluding hydrogens is 423 g/mol. The molecule has 0 saturated carbocycles. The molecule has 1 fully saturated rings. The Bertz CT molecular complexity index is 1110. The number of nitrogens with one attached hydrogen (secondary N) is 1. The Morgan fingerprint density at radius 1 is 1.15 bits per heavy atom. The van der Waals surface area contributed by atoms with Crippen LogP contribution in [0.2, 0.25) is 0 Å². The van der Waals surface area contributed by atoms with Gasteiger partial charge in [-0.3, -0.25) is 4.79 Å². The molecule has 1 atom stereocenters. The Hall–Kier alpha value is -3.68. The summed E-state index contributed by atoms with van der Waals surface area (Å²) in [7, 11) is 3.20. The van der Waals surface area contributed by atoms with Crippen LogP contribution in [-0.2, 0) is 11.3 Å². The number of benzene rings is 2. The van der Waals surface area contributed by atoms with Gasteiger partial charge in [-0.05, 0) is 55.3 Å². The van der Waals surface area contributed by atoms with Crippen LogP contribution < -0.4 is 19.7 Å². The topological polar surface area (TPSA) is 76.6 Å². The number of hydrogen-bond donors (Lipinski definition) is 1. The standard InChI is InChI=1S/C25H27FN4O3/c1-32-21-10-7-18(22(14-21)33-2)15-28-25(31)19-4-3-13-30(16-19)23-11-12-27-24(29-23)17-5-8-20(26)9-6-17/h5-12,14,19H,3-4,13,15-16H2,1-2H3,(H,28,31)/t19-/m1/s1. The van der Waals surface area contributed by atoms with E-state index in [9.17, 15) is 9.18 Å². The van der Waals surface area contributed by atoms with Crippen molar-refractivity contribution < 1.29 is 18.7 Å². The lowest BCUT2D eigenvalue weighted by atomic mass is 9.97. The number of halogens is 1. The van der Waals surface area contributed by atoms with Crippen molar-refractivity contribution in [2.45, 2.75) is 19.4 Å². The highest BCUT2D eigenvalue weighted by atomic mass is 19.1. The molecule has 1 aliphatic heterocycles. The van der Waals surface area contributed by atoms with E-state index in [1.54, 1.807) is 38.6 Å². The number of anilines is 1. The maximum Gasteiger partial charge on any atom is 0.225 e. The van der Waals surface area contributed by atoms with E-state index in [4.69, 9.17) is 9.47 Å². The first-order valence-electron chi connectivity index (χ1n) is 10.9. The second-order valence-electron chi connectivity index (χ2n) is 7.93. The van der Waals surface area contributed by atoms with Gasteiger partial charge in [0, 0.05) is 43.0 Å². The van der Waals surface area contributed by atoms with Crippen molar-refractivity contribution in [3.05, 3.63) is 66.1 Å². The molecule has 4 rings (SSSR count). The Balaban J connectivity index is 1.41. The fourth-order valence-electron chi connectivity index (χ4n) is 3.99. The first-order chi connectivity index (χ1) is 16.1. The lowest BCUT2D eigenvalue weighted by molar-refractivity contribution is -0.125. The van der Waals surface area contributed by atoms with Gasteiger partial charge in [-0.15, -0.1) is 0 Å². The van der Waals surface area contributed by atoms with Crippen molar-refractivity contribution in [1.82, 2.24) is 15.3 Å². The van der Waals surface area contributed by atoms with E-state index in [0.29, 0.717) is 30.4 Å². The van der Waals surface area contributed by atoms with Crippen LogP contribution in [-0.4, -0.2) is 43.2 Å². The van der Waals surface area contributed by atoms with Crippen molar-refractivity contribution in [2.75, 3.05) is 32.2 Å². The second-order valence-corrected chi connectivity index (χ2v) is 7.93. The molecule has 0 spiro atoms. The summed E-state index contributed by atoms with van der Waals surface area (Å²) >= 11 is 0. The van der Waals surface area contributed by atoms with Crippen LogP contribution in [0.4, 0.5) is 10.2 Å². The number of amides is 1. The minimum Gasteiger partial charge on any atom is -0.497 e. The van der Waals surface area contributed by atoms with Crippen molar-refractivity contribution in [2.24, 2.45) is 5.92 Å². The molecule has 1 N–H and O–H groups in total. The molecule has 1 aliphatic rings. The SMILES string of the molecule is COc1ccc(CNC(=O)[C@@H]2CCCN(c3ccnc(-c4ccc(F)cc4)n3)C2)c(OC)c1. The number of carbonyl (C=O) groups excluding carboxylic acids is 1. The summed E-state index contributed by atoms with van der Waals surface area (Å²) in [5.74, 6) is 2.23. The van der Waals surface area contributed by atoms with Crippen LogP contribution in [0.5, 0.6) is 11.5 Å². The van der Waals surface area contributed by atoms with E-state index >= 15 is 0 Å². The zero-order valence-corrected chi connectivity index (χ0v) is 18.8. The smallest absolute Gasteiger partial charge is 0.225 e. The van der Waals surface area contributed by atoms with E-state index < -0.39 is 0 Å². The van der Waals surface area contributed by atoms with E-state index in [1.807, 2.05) is 18.2 Å². The molecule has 1 aromatic heterocycles. The number of hydrogen-bond acceptors (Lipinski definition) is 6. The molecule has 2 heterocycles. The number of rotatable bonds is 7. The average Bonchev–Trinajstić information content (AvgIpc) is 2.87. The predicted octanol–water partition coefficient (Wildman–Crippen LogP) is 3.83. The largest absolute Gasteiger partial charge is 0.497 e. The summed E-state index contributed by atoms with van der Waals surface area (Å²) in [6, 6.07) is 13.5. The maximum absolute atomic E-state index is 13.2. The molecule has 1 amide bonds. The van der Waals surface area contributed by atoms with Crippen LogP contribution >= 0.6 is 0 Å². The molecule has 33 heavy (non-hydrogen) atoms. The summed E-state index contributed by atoms with van der Waals surface area (Å²) in [4.78, 5) is 24.0. The molecule has 172 valence electrons. The summed E-state index contributed by atoms with van der Waals surface area (Å²) in [5.41, 5.74) is 1.64. The van der Waals surface area contributed by atoms with Crippen LogP contribution in [0.15, 0.2) is 54.7 Å².